The van der Waals surface area contributed by atoms with Gasteiger partial charge in [-0.2, -0.15) is 4.31 Å². The molecule has 3 aliphatic heterocycles. The molecule has 4 aliphatic rings. The Kier molecular flexibility index (Phi) is 8.26. The van der Waals surface area contributed by atoms with Crippen LogP contribution in [0.4, 0.5) is 0 Å². The van der Waals surface area contributed by atoms with Crippen molar-refractivity contribution in [2.24, 2.45) is 0 Å². The fourth-order valence-electron chi connectivity index (χ4n) is 6.35. The number of carbonyl (C=O) groups excluding carboxylic acids is 1. The molecule has 12 heteroatoms. The van der Waals surface area contributed by atoms with Gasteiger partial charge in [0.25, 0.3) is 0 Å². The van der Waals surface area contributed by atoms with Crippen molar-refractivity contribution in [2.45, 2.75) is 49.2 Å². The lowest BCUT2D eigenvalue weighted by atomic mass is 9.86. The summed E-state index contributed by atoms with van der Waals surface area (Å²) in [6.45, 7) is 5.84. The van der Waals surface area contributed by atoms with E-state index in [0.717, 1.165) is 57.7 Å². The quantitative estimate of drug-likeness (QED) is 0.446. The molecule has 2 atom stereocenters. The van der Waals surface area contributed by atoms with E-state index >= 15 is 0 Å². The molecule has 1 amide bonds. The molecule has 0 unspecified atom stereocenters. The number of piperazine rings is 2. The Bertz CT molecular complexity index is 1410. The summed E-state index contributed by atoms with van der Waals surface area (Å²) in [5.74, 6) is -0.292. The first-order chi connectivity index (χ1) is 19.8. The minimum absolute atomic E-state index is 0.0747. The molecule has 41 heavy (non-hydrogen) atoms. The number of halogens is 1. The summed E-state index contributed by atoms with van der Waals surface area (Å²) in [7, 11) is -1.72. The monoisotopic (exact) mass is 599 g/mol. The number of rotatable bonds is 7. The van der Waals surface area contributed by atoms with Crippen molar-refractivity contribution in [3.05, 3.63) is 76.1 Å². The maximum Gasteiger partial charge on any atom is 0.243 e. The van der Waals surface area contributed by atoms with Gasteiger partial charge in [0.05, 0.1) is 16.6 Å². The highest BCUT2D eigenvalue weighted by atomic mass is 35.5. The molecule has 2 aromatic rings. The summed E-state index contributed by atoms with van der Waals surface area (Å²) in [4.78, 5) is 18.1. The van der Waals surface area contributed by atoms with E-state index in [2.05, 4.69) is 56.3 Å². The second-order valence-corrected chi connectivity index (χ2v) is 13.7. The van der Waals surface area contributed by atoms with Crippen molar-refractivity contribution < 1.29 is 13.2 Å². The maximum atomic E-state index is 13.6. The third-order valence-electron chi connectivity index (χ3n) is 8.64. The van der Waals surface area contributed by atoms with Gasteiger partial charge in [0.2, 0.25) is 15.9 Å². The van der Waals surface area contributed by atoms with Gasteiger partial charge in [-0.15, -0.1) is 5.53 Å². The third-order valence-corrected chi connectivity index (χ3v) is 10.8. The van der Waals surface area contributed by atoms with Gasteiger partial charge in [0.1, 0.15) is 6.04 Å². The minimum Gasteiger partial charge on any atom is -0.353 e. The molecule has 0 bridgehead atoms. The summed E-state index contributed by atoms with van der Waals surface area (Å²) in [6.07, 6.45) is 5.14. The van der Waals surface area contributed by atoms with Gasteiger partial charge in [0, 0.05) is 63.5 Å². The Morgan fingerprint density at radius 1 is 1.02 bits per heavy atom. The standard InChI is InChI=1S/C29H38ClN7O3S/c1-34-13-15-35(16-14-34)20-21-5-10-26-22(17-21)3-2-4-27(26)37-24(19-32-33-37)18-28-29(38)31-11-12-36(28)41(39,40)25-8-6-23(30)7-9-25/h5-10,17,19,27-28,32-33H,2-4,11-16,18,20H2,1H3,(H,31,38)/t27-,28-/m1/s1. The van der Waals surface area contributed by atoms with Gasteiger partial charge < -0.3 is 15.6 Å². The summed E-state index contributed by atoms with van der Waals surface area (Å²) >= 11 is 5.99. The smallest absolute Gasteiger partial charge is 0.243 e. The highest BCUT2D eigenvalue weighted by molar-refractivity contribution is 7.89. The average molecular weight is 600 g/mol. The van der Waals surface area contributed by atoms with E-state index < -0.39 is 16.1 Å². The first kappa shape index (κ1) is 28.4. The largest absolute Gasteiger partial charge is 0.353 e. The second kappa shape index (κ2) is 11.9. The highest BCUT2D eigenvalue weighted by Gasteiger charge is 2.41. The van der Waals surface area contributed by atoms with Crippen LogP contribution in [0.25, 0.3) is 0 Å². The van der Waals surface area contributed by atoms with Crippen LogP contribution >= 0.6 is 11.6 Å². The van der Waals surface area contributed by atoms with E-state index in [4.69, 9.17) is 11.6 Å². The van der Waals surface area contributed by atoms with Crippen LogP contribution in [0.3, 0.4) is 0 Å². The van der Waals surface area contributed by atoms with Crippen molar-refractivity contribution in [3.63, 3.8) is 0 Å². The van der Waals surface area contributed by atoms with Crippen LogP contribution in [0.2, 0.25) is 5.02 Å². The molecule has 0 spiro atoms. The van der Waals surface area contributed by atoms with Crippen molar-refractivity contribution in [1.29, 1.82) is 0 Å². The first-order valence-electron chi connectivity index (χ1n) is 14.4. The van der Waals surface area contributed by atoms with Gasteiger partial charge >= 0.3 is 0 Å². The topological polar surface area (TPSA) is 100 Å². The Hall–Kier alpha value is -2.67. The number of fused-ring (bicyclic) bond motifs is 1. The molecule has 2 saturated heterocycles. The second-order valence-electron chi connectivity index (χ2n) is 11.4. The minimum atomic E-state index is -3.89. The fourth-order valence-corrected chi connectivity index (χ4v) is 8.06. The molecule has 2 fully saturated rings. The Balaban J connectivity index is 1.20. The van der Waals surface area contributed by atoms with Crippen LogP contribution in [-0.4, -0.2) is 85.8 Å². The van der Waals surface area contributed by atoms with E-state index in [9.17, 15) is 13.2 Å². The molecule has 6 rings (SSSR count). The van der Waals surface area contributed by atoms with Gasteiger partial charge in [-0.3, -0.25) is 14.7 Å². The van der Waals surface area contributed by atoms with E-state index in [1.54, 1.807) is 12.1 Å². The molecule has 0 radical (unpaired) electrons. The molecular formula is C29H38ClN7O3S. The molecular weight excluding hydrogens is 562 g/mol. The Labute approximate surface area is 247 Å². The van der Waals surface area contributed by atoms with Crippen LogP contribution in [-0.2, 0) is 27.8 Å². The zero-order chi connectivity index (χ0) is 28.6. The predicted octanol–water partition coefficient (Wildman–Crippen LogP) is 2.21. The molecule has 2 aromatic carbocycles. The zero-order valence-corrected chi connectivity index (χ0v) is 24.9. The highest BCUT2D eigenvalue weighted by Crippen LogP contribution is 2.38. The maximum absolute atomic E-state index is 13.6. The zero-order valence-electron chi connectivity index (χ0n) is 23.4. The molecule has 0 saturated carbocycles. The van der Waals surface area contributed by atoms with E-state index in [1.165, 1.54) is 33.1 Å². The van der Waals surface area contributed by atoms with Crippen molar-refractivity contribution in [2.75, 3.05) is 46.3 Å². The number of hydrazine groups is 2. The number of carbonyl (C=O) groups is 1. The van der Waals surface area contributed by atoms with E-state index in [1.807, 2.05) is 6.20 Å². The summed E-state index contributed by atoms with van der Waals surface area (Å²) in [5.41, 5.74) is 11.2. The number of nitrogens with one attached hydrogen (secondary N) is 3. The van der Waals surface area contributed by atoms with Crippen LogP contribution in [0.5, 0.6) is 0 Å². The van der Waals surface area contributed by atoms with E-state index in [-0.39, 0.29) is 36.4 Å². The third kappa shape index (κ3) is 5.97. The first-order valence-corrected chi connectivity index (χ1v) is 16.2. The number of hydrogen-bond acceptors (Lipinski definition) is 8. The summed E-state index contributed by atoms with van der Waals surface area (Å²) < 4.78 is 28.5. The van der Waals surface area contributed by atoms with Crippen molar-refractivity contribution >= 4 is 27.5 Å². The normalized spacial score (nSPS) is 24.5. The fraction of sp³-hybridized carbons (Fsp3) is 0.483. The van der Waals surface area contributed by atoms with Crippen molar-refractivity contribution in [3.8, 4) is 0 Å². The van der Waals surface area contributed by atoms with E-state index in [0.29, 0.717) is 5.02 Å². The number of likely N-dealkylation sites (N-methyl/N-ethyl adjacent to an activating group) is 1. The van der Waals surface area contributed by atoms with Crippen molar-refractivity contribution in [1.82, 2.24) is 35.4 Å². The van der Waals surface area contributed by atoms with Crippen LogP contribution in [0.15, 0.2) is 59.3 Å². The number of sulfonamides is 1. The molecule has 3 heterocycles. The van der Waals surface area contributed by atoms with Gasteiger partial charge in [-0.1, -0.05) is 29.8 Å². The lowest BCUT2D eigenvalue weighted by Gasteiger charge is -2.38. The van der Waals surface area contributed by atoms with Gasteiger partial charge in [0.15, 0.2) is 0 Å². The van der Waals surface area contributed by atoms with Crippen LogP contribution in [0.1, 0.15) is 42.0 Å². The number of aryl methyl sites for hydroxylation is 1. The molecule has 220 valence electrons. The van der Waals surface area contributed by atoms with Gasteiger partial charge in [-0.05, 0) is 67.3 Å². The number of nitrogens with zero attached hydrogens (tertiary/aromatic N) is 4. The predicted molar refractivity (Wildman–Crippen MR) is 158 cm³/mol. The summed E-state index contributed by atoms with van der Waals surface area (Å²) in [5, 5.41) is 5.40. The SMILES string of the molecule is CN1CCN(Cc2ccc3c(c2)CCC[C@H]3N2NNC=C2C[C@@H]2C(=O)NCCN2S(=O)(=O)c2ccc(Cl)cc2)CC1. The van der Waals surface area contributed by atoms with Gasteiger partial charge in [-0.25, -0.2) is 8.42 Å². The van der Waals surface area contributed by atoms with Crippen LogP contribution in [0, 0.1) is 0 Å². The Morgan fingerprint density at radius 3 is 2.59 bits per heavy atom. The number of amides is 1. The lowest BCUT2D eigenvalue weighted by molar-refractivity contribution is -0.126. The summed E-state index contributed by atoms with van der Waals surface area (Å²) in [6, 6.07) is 12.2. The molecule has 1 aliphatic carbocycles. The Morgan fingerprint density at radius 2 is 1.80 bits per heavy atom. The number of benzene rings is 2. The molecule has 3 N–H and O–H groups in total. The average Bonchev–Trinajstić information content (AvgIpc) is 3.43. The molecule has 0 aromatic heterocycles. The lowest BCUT2D eigenvalue weighted by Crippen LogP contribution is -2.57. The molecule has 10 nitrogen and oxygen atoms in total. The van der Waals surface area contributed by atoms with Crippen LogP contribution < -0.4 is 16.3 Å². The number of hydrogen-bond donors (Lipinski definition) is 3.